The number of hydrogen-bond donors (Lipinski definition) is 3. The van der Waals surface area contributed by atoms with Crippen molar-refractivity contribution in [1.29, 1.82) is 0 Å². The van der Waals surface area contributed by atoms with Crippen LogP contribution in [-0.2, 0) is 25.6 Å². The second-order valence-electron chi connectivity index (χ2n) is 10.4. The molecular weight excluding hydrogens is 490 g/mol. The van der Waals surface area contributed by atoms with Gasteiger partial charge in [0.1, 0.15) is 5.75 Å². The average molecular weight is 518 g/mol. The van der Waals surface area contributed by atoms with E-state index in [1.54, 1.807) is 44.6 Å². The number of nitrogens with zero attached hydrogens (tertiary/aromatic N) is 2. The van der Waals surface area contributed by atoms with Gasteiger partial charge in [-0.2, -0.15) is 0 Å². The Kier molecular flexibility index (Phi) is 6.12. The Bertz CT molecular complexity index is 1420. The van der Waals surface area contributed by atoms with Crippen LogP contribution < -0.4 is 5.73 Å². The number of aromatic nitrogens is 1. The van der Waals surface area contributed by atoms with Crippen LogP contribution in [0.15, 0.2) is 36.5 Å². The van der Waals surface area contributed by atoms with Gasteiger partial charge in [-0.3, -0.25) is 33.9 Å². The number of aliphatic hydroxyl groups is 1. The summed E-state index contributed by atoms with van der Waals surface area (Å²) in [6, 6.07) is 7.31. The van der Waals surface area contributed by atoms with Gasteiger partial charge in [0.05, 0.1) is 23.2 Å². The molecule has 2 unspecified atom stereocenters. The third-order valence-electron chi connectivity index (χ3n) is 8.10. The molecule has 3 aliphatic carbocycles. The topological polar surface area (TPSA) is 168 Å². The molecule has 6 atom stereocenters. The van der Waals surface area contributed by atoms with E-state index in [1.807, 2.05) is 12.1 Å². The van der Waals surface area contributed by atoms with Gasteiger partial charge in [-0.25, -0.2) is 0 Å². The van der Waals surface area contributed by atoms with Crippen molar-refractivity contribution in [2.24, 2.45) is 29.4 Å². The Morgan fingerprint density at radius 2 is 1.84 bits per heavy atom. The molecule has 0 radical (unpaired) electrons. The highest BCUT2D eigenvalue weighted by Gasteiger charge is 2.69. The number of likely N-dealkylation sites (N-methyl/N-ethyl adjacent to an activating group) is 1. The van der Waals surface area contributed by atoms with Crippen LogP contribution in [0.25, 0.3) is 12.2 Å². The van der Waals surface area contributed by atoms with Crippen molar-refractivity contribution in [2.75, 3.05) is 14.1 Å². The number of hydrogen-bond acceptors (Lipinski definition) is 9. The van der Waals surface area contributed by atoms with Crippen molar-refractivity contribution in [3.05, 3.63) is 58.9 Å². The van der Waals surface area contributed by atoms with E-state index in [1.165, 1.54) is 11.0 Å². The molecule has 1 heterocycles. The van der Waals surface area contributed by atoms with Gasteiger partial charge in [-0.15, -0.1) is 0 Å². The highest BCUT2D eigenvalue weighted by atomic mass is 16.3. The molecule has 10 heteroatoms. The number of carbonyl (C=O) groups is 5. The molecule has 0 saturated heterocycles. The molecule has 2 aromatic rings. The van der Waals surface area contributed by atoms with Crippen molar-refractivity contribution >= 4 is 41.2 Å². The Labute approximate surface area is 218 Å². The largest absolute Gasteiger partial charge is 0.507 e. The molecule has 4 N–H and O–H groups in total. The Morgan fingerprint density at radius 3 is 2.47 bits per heavy atom. The number of nitrogens with two attached hydrogens (primary N) is 1. The molecule has 196 valence electrons. The number of fused-ring (bicyclic) bond motifs is 3. The molecule has 1 amide bonds. The maximum absolute atomic E-state index is 13.8. The monoisotopic (exact) mass is 517 g/mol. The van der Waals surface area contributed by atoms with E-state index in [0.717, 1.165) is 0 Å². The number of ketones is 4. The summed E-state index contributed by atoms with van der Waals surface area (Å²) in [6.45, 7) is 0. The first-order valence-electron chi connectivity index (χ1n) is 12.3. The molecule has 0 aliphatic heterocycles. The number of phenols is 1. The zero-order valence-electron chi connectivity index (χ0n) is 20.8. The Hall–Kier alpha value is -4.02. The highest BCUT2D eigenvalue weighted by molar-refractivity contribution is 6.32. The number of carbonyl (C=O) groups excluding carboxylic acids is 5. The summed E-state index contributed by atoms with van der Waals surface area (Å²) < 4.78 is 0. The van der Waals surface area contributed by atoms with Gasteiger partial charge >= 0.3 is 0 Å². The zero-order chi connectivity index (χ0) is 27.5. The molecule has 0 bridgehead atoms. The third-order valence-corrected chi connectivity index (χ3v) is 8.10. The first-order valence-corrected chi connectivity index (χ1v) is 12.3. The van der Waals surface area contributed by atoms with E-state index < -0.39 is 64.4 Å². The standard InChI is InChI=1S/C28H27N3O7/c1-31(2)22-17-12-14-11-16-13(6-8-15-5-3-4-10-30-15)7-9-18(32)20(16)23(33)19(14)25(35)28(17,38)26(36)21(24(22)34)27(29)37/h3-10,14,17,19,21-22,32,38H,11-12H2,1-2H3,(H2,29,37)/b8-6+/t14-,17-,19?,21?,22-,28-/m0/s1. The fourth-order valence-corrected chi connectivity index (χ4v) is 6.43. The molecule has 1 aromatic heterocycles. The van der Waals surface area contributed by atoms with Crippen LogP contribution in [0.4, 0.5) is 0 Å². The summed E-state index contributed by atoms with van der Waals surface area (Å²) >= 11 is 0. The van der Waals surface area contributed by atoms with Gasteiger partial charge in [-0.1, -0.05) is 18.2 Å². The first-order chi connectivity index (χ1) is 18.0. The van der Waals surface area contributed by atoms with Gasteiger partial charge in [0.2, 0.25) is 5.91 Å². The van der Waals surface area contributed by atoms with Gasteiger partial charge in [0.25, 0.3) is 0 Å². The molecule has 38 heavy (non-hydrogen) atoms. The van der Waals surface area contributed by atoms with Crippen molar-refractivity contribution in [2.45, 2.75) is 24.5 Å². The summed E-state index contributed by atoms with van der Waals surface area (Å²) in [7, 11) is 3.10. The second kappa shape index (κ2) is 9.07. The van der Waals surface area contributed by atoms with Crippen molar-refractivity contribution < 1.29 is 34.2 Å². The average Bonchev–Trinajstić information content (AvgIpc) is 2.86. The molecule has 10 nitrogen and oxygen atoms in total. The number of aromatic hydroxyl groups is 1. The molecule has 3 aliphatic rings. The predicted molar refractivity (Wildman–Crippen MR) is 135 cm³/mol. The number of primary amides is 1. The van der Waals surface area contributed by atoms with Crippen molar-refractivity contribution in [3.63, 3.8) is 0 Å². The number of phenolic OH excluding ortho intramolecular Hbond substituents is 1. The summed E-state index contributed by atoms with van der Waals surface area (Å²) in [5.41, 5.74) is 4.43. The summed E-state index contributed by atoms with van der Waals surface area (Å²) in [4.78, 5) is 71.8. The van der Waals surface area contributed by atoms with E-state index in [4.69, 9.17) is 5.73 Å². The lowest BCUT2D eigenvalue weighted by atomic mass is 9.52. The van der Waals surface area contributed by atoms with Crippen LogP contribution in [-0.4, -0.2) is 74.9 Å². The molecular formula is C28H27N3O7. The lowest BCUT2D eigenvalue weighted by Crippen LogP contribution is -2.74. The Morgan fingerprint density at radius 1 is 1.11 bits per heavy atom. The minimum atomic E-state index is -2.73. The molecule has 0 spiro atoms. The molecule has 2 saturated carbocycles. The van der Waals surface area contributed by atoms with Crippen LogP contribution in [0.5, 0.6) is 5.75 Å². The molecule has 2 fully saturated rings. The number of rotatable bonds is 4. The maximum Gasteiger partial charge on any atom is 0.235 e. The van der Waals surface area contributed by atoms with E-state index in [2.05, 4.69) is 4.98 Å². The maximum atomic E-state index is 13.8. The quantitative estimate of drug-likeness (QED) is 0.487. The smallest absolute Gasteiger partial charge is 0.235 e. The fraction of sp³-hybridized carbons (Fsp3) is 0.357. The fourth-order valence-electron chi connectivity index (χ4n) is 6.43. The van der Waals surface area contributed by atoms with Crippen LogP contribution in [0.3, 0.4) is 0 Å². The number of amides is 1. The Balaban J connectivity index is 1.60. The van der Waals surface area contributed by atoms with Crippen LogP contribution in [0.2, 0.25) is 0 Å². The van der Waals surface area contributed by atoms with Crippen LogP contribution in [0, 0.1) is 23.7 Å². The summed E-state index contributed by atoms with van der Waals surface area (Å²) in [6.07, 6.45) is 5.37. The van der Waals surface area contributed by atoms with E-state index >= 15 is 0 Å². The molecule has 1 aromatic carbocycles. The van der Waals surface area contributed by atoms with Crippen molar-refractivity contribution in [3.8, 4) is 5.75 Å². The number of pyridine rings is 1. The van der Waals surface area contributed by atoms with Gasteiger partial charge in [0.15, 0.2) is 34.7 Å². The van der Waals surface area contributed by atoms with Gasteiger partial charge in [0, 0.05) is 12.1 Å². The first kappa shape index (κ1) is 25.6. The summed E-state index contributed by atoms with van der Waals surface area (Å²) in [5.74, 6) is -10.6. The van der Waals surface area contributed by atoms with E-state index in [-0.39, 0.29) is 24.2 Å². The third kappa shape index (κ3) is 3.63. The SMILES string of the molecule is CN(C)[C@@H]1C(=O)C(C(N)=O)C(=O)[C@@]2(O)C(=O)C3C(=O)c4c(O)ccc(/C=C/c5ccccn5)c4C[C@H]3C[C@@H]12. The lowest BCUT2D eigenvalue weighted by molar-refractivity contribution is -0.181. The normalized spacial score (nSPS) is 30.8. The van der Waals surface area contributed by atoms with Gasteiger partial charge < -0.3 is 15.9 Å². The second-order valence-corrected chi connectivity index (χ2v) is 10.4. The number of Topliss-reactive ketones (excluding diaryl/α,β-unsaturated/α-hetero) is 4. The predicted octanol–water partition coefficient (Wildman–Crippen LogP) is 0.432. The number of benzene rings is 1. The molecule has 5 rings (SSSR count). The lowest BCUT2D eigenvalue weighted by Gasteiger charge is -2.52. The summed E-state index contributed by atoms with van der Waals surface area (Å²) in [5, 5.41) is 22.2. The van der Waals surface area contributed by atoms with Crippen LogP contribution in [0.1, 0.15) is 33.6 Å². The van der Waals surface area contributed by atoms with E-state index in [0.29, 0.717) is 16.8 Å². The minimum Gasteiger partial charge on any atom is -0.507 e. The van der Waals surface area contributed by atoms with Crippen molar-refractivity contribution in [1.82, 2.24) is 9.88 Å². The van der Waals surface area contributed by atoms with E-state index in [9.17, 15) is 34.2 Å². The zero-order valence-corrected chi connectivity index (χ0v) is 20.8. The van der Waals surface area contributed by atoms with Gasteiger partial charge in [-0.05, 0) is 68.3 Å². The minimum absolute atomic E-state index is 0.00292. The highest BCUT2D eigenvalue weighted by Crippen LogP contribution is 2.51. The van der Waals surface area contributed by atoms with Crippen LogP contribution >= 0.6 is 0 Å².